The molecule has 6 nitrogen and oxygen atoms in total. The molecular weight excluding hydrogens is 507 g/mol. The third-order valence-electron chi connectivity index (χ3n) is 4.05. The van der Waals surface area contributed by atoms with E-state index in [0.29, 0.717) is 16.7 Å². The van der Waals surface area contributed by atoms with Crippen LogP contribution in [-0.4, -0.2) is 45.9 Å². The summed E-state index contributed by atoms with van der Waals surface area (Å²) in [5.41, 5.74) is 1.28. The van der Waals surface area contributed by atoms with E-state index < -0.39 is 10.0 Å². The molecule has 1 aromatic heterocycles. The Balaban J connectivity index is 0.00000392. The van der Waals surface area contributed by atoms with Gasteiger partial charge < -0.3 is 10.6 Å². The summed E-state index contributed by atoms with van der Waals surface area (Å²) in [4.78, 5) is 5.49. The number of aliphatic imine (C=N–C) groups is 1. The van der Waals surface area contributed by atoms with Crippen molar-refractivity contribution in [2.24, 2.45) is 4.99 Å². The maximum Gasteiger partial charge on any atom is 0.252 e. The van der Waals surface area contributed by atoms with E-state index in [1.807, 2.05) is 31.2 Å². The number of rotatable bonds is 8. The van der Waals surface area contributed by atoms with E-state index in [9.17, 15) is 8.42 Å². The minimum absolute atomic E-state index is 0. The highest BCUT2D eigenvalue weighted by Gasteiger charge is 2.19. The number of guanidine groups is 1. The van der Waals surface area contributed by atoms with Gasteiger partial charge in [-0.25, -0.2) is 17.7 Å². The van der Waals surface area contributed by atoms with Gasteiger partial charge >= 0.3 is 0 Å². The van der Waals surface area contributed by atoms with Crippen molar-refractivity contribution in [1.82, 2.24) is 14.9 Å². The number of hydrogen-bond donors (Lipinski definition) is 2. The van der Waals surface area contributed by atoms with Crippen molar-refractivity contribution in [1.29, 1.82) is 0 Å². The quantitative estimate of drug-likeness (QED) is 0.308. The number of hydrogen-bond acceptors (Lipinski definition) is 4. The molecule has 2 N–H and O–H groups in total. The van der Waals surface area contributed by atoms with Crippen molar-refractivity contribution in [3.63, 3.8) is 0 Å². The molecule has 0 aliphatic heterocycles. The second-order valence-corrected chi connectivity index (χ2v) is 9.94. The maximum atomic E-state index is 12.2. The molecule has 156 valence electrons. The molecule has 0 saturated heterocycles. The largest absolute Gasteiger partial charge is 0.357 e. The van der Waals surface area contributed by atoms with Crippen LogP contribution in [0.15, 0.2) is 51.7 Å². The average molecular weight is 537 g/mol. The van der Waals surface area contributed by atoms with Crippen molar-refractivity contribution in [2.45, 2.75) is 30.5 Å². The number of halogens is 1. The smallest absolute Gasteiger partial charge is 0.252 e. The summed E-state index contributed by atoms with van der Waals surface area (Å²) in [5.74, 6) is 1.08. The summed E-state index contributed by atoms with van der Waals surface area (Å²) >= 11 is 1.26. The van der Waals surface area contributed by atoms with Crippen LogP contribution in [0.2, 0.25) is 0 Å². The van der Waals surface area contributed by atoms with Crippen molar-refractivity contribution >= 4 is 51.3 Å². The Morgan fingerprint density at radius 3 is 2.43 bits per heavy atom. The van der Waals surface area contributed by atoms with Crippen LogP contribution in [0.25, 0.3) is 0 Å². The molecule has 0 aliphatic carbocycles. The van der Waals surface area contributed by atoms with Crippen LogP contribution in [0.4, 0.5) is 0 Å². The lowest BCUT2D eigenvalue weighted by Gasteiger charge is -2.16. The molecule has 1 aromatic carbocycles. The first-order valence-corrected chi connectivity index (χ1v) is 11.2. The number of benzene rings is 1. The second-order valence-electron chi connectivity index (χ2n) is 6.40. The van der Waals surface area contributed by atoms with E-state index in [4.69, 9.17) is 0 Å². The standard InChI is InChI=1S/C19H28N4O2S2.HI/c1-5-20-19(21-13-15(2)16-9-7-6-8-10-16)22-14-17-11-12-18(26-17)27(24,25)23(3)4;/h6-12,15H,5,13-14H2,1-4H3,(H2,20,21,22);1H. The monoisotopic (exact) mass is 536 g/mol. The van der Waals surface area contributed by atoms with Gasteiger partial charge in [0.05, 0.1) is 6.54 Å². The van der Waals surface area contributed by atoms with Crippen molar-refractivity contribution in [3.8, 4) is 0 Å². The highest BCUT2D eigenvalue weighted by Crippen LogP contribution is 2.24. The SMILES string of the molecule is CCNC(=NCc1ccc(S(=O)(=O)N(C)C)s1)NCC(C)c1ccccc1.I. The third-order valence-corrected chi connectivity index (χ3v) is 7.41. The van der Waals surface area contributed by atoms with Gasteiger partial charge in [0, 0.05) is 32.1 Å². The predicted octanol–water partition coefficient (Wildman–Crippen LogP) is 3.48. The lowest BCUT2D eigenvalue weighted by molar-refractivity contribution is 0.523. The summed E-state index contributed by atoms with van der Waals surface area (Å²) in [7, 11) is -0.313. The molecule has 9 heteroatoms. The predicted molar refractivity (Wildman–Crippen MR) is 128 cm³/mol. The summed E-state index contributed by atoms with van der Waals surface area (Å²) in [6, 6.07) is 13.8. The molecular formula is C19H29IN4O2S2. The highest BCUT2D eigenvalue weighted by atomic mass is 127. The fourth-order valence-electron chi connectivity index (χ4n) is 2.41. The Kier molecular flexibility index (Phi) is 10.4. The number of nitrogens with zero attached hydrogens (tertiary/aromatic N) is 2. The Hall–Kier alpha value is -1.17. The molecule has 0 fully saturated rings. The Morgan fingerprint density at radius 1 is 1.14 bits per heavy atom. The van der Waals surface area contributed by atoms with Crippen LogP contribution in [0.5, 0.6) is 0 Å². The average Bonchev–Trinajstić information content (AvgIpc) is 3.14. The third kappa shape index (κ3) is 7.02. The highest BCUT2D eigenvalue weighted by molar-refractivity contribution is 14.0. The molecule has 0 bridgehead atoms. The van der Waals surface area contributed by atoms with E-state index in [2.05, 4.69) is 34.7 Å². The summed E-state index contributed by atoms with van der Waals surface area (Å²) in [5, 5.41) is 6.59. The van der Waals surface area contributed by atoms with E-state index in [0.717, 1.165) is 23.9 Å². The second kappa shape index (κ2) is 11.7. The molecule has 0 aliphatic rings. The van der Waals surface area contributed by atoms with Crippen LogP contribution in [0, 0.1) is 0 Å². The molecule has 2 aromatic rings. The summed E-state index contributed by atoms with van der Waals surface area (Å²) in [6.45, 7) is 6.15. The molecule has 2 rings (SSSR count). The molecule has 28 heavy (non-hydrogen) atoms. The molecule has 1 atom stereocenters. The van der Waals surface area contributed by atoms with Crippen LogP contribution in [-0.2, 0) is 16.6 Å². The Bertz CT molecular complexity index is 852. The van der Waals surface area contributed by atoms with Gasteiger partial charge in [-0.05, 0) is 30.5 Å². The Morgan fingerprint density at radius 2 is 1.82 bits per heavy atom. The van der Waals surface area contributed by atoms with Crippen LogP contribution in [0.3, 0.4) is 0 Å². The first-order valence-electron chi connectivity index (χ1n) is 8.93. The van der Waals surface area contributed by atoms with E-state index in [1.54, 1.807) is 6.07 Å². The van der Waals surface area contributed by atoms with E-state index >= 15 is 0 Å². The number of sulfonamides is 1. The van der Waals surface area contributed by atoms with Crippen LogP contribution >= 0.6 is 35.3 Å². The number of thiophene rings is 1. The number of nitrogens with one attached hydrogen (secondary N) is 2. The van der Waals surface area contributed by atoms with Gasteiger partial charge in [0.2, 0.25) is 0 Å². The van der Waals surface area contributed by atoms with Crippen LogP contribution in [0.1, 0.15) is 30.2 Å². The van der Waals surface area contributed by atoms with Gasteiger partial charge in [-0.2, -0.15) is 0 Å². The zero-order valence-electron chi connectivity index (χ0n) is 16.7. The molecule has 0 saturated carbocycles. The normalized spacial score (nSPS) is 13.1. The lowest BCUT2D eigenvalue weighted by atomic mass is 10.0. The van der Waals surface area contributed by atoms with Crippen LogP contribution < -0.4 is 10.6 Å². The van der Waals surface area contributed by atoms with Gasteiger partial charge in [0.15, 0.2) is 5.96 Å². The molecule has 0 spiro atoms. The fourth-order valence-corrected chi connectivity index (χ4v) is 4.86. The van der Waals surface area contributed by atoms with Gasteiger partial charge in [0.1, 0.15) is 4.21 Å². The molecule has 1 unspecified atom stereocenters. The van der Waals surface area contributed by atoms with Crippen molar-refractivity contribution < 1.29 is 8.42 Å². The first-order chi connectivity index (χ1) is 12.8. The minimum Gasteiger partial charge on any atom is -0.357 e. The maximum absolute atomic E-state index is 12.2. The fraction of sp³-hybridized carbons (Fsp3) is 0.421. The topological polar surface area (TPSA) is 73.8 Å². The molecule has 0 radical (unpaired) electrons. The molecule has 1 heterocycles. The van der Waals surface area contributed by atoms with Crippen molar-refractivity contribution in [3.05, 3.63) is 52.9 Å². The van der Waals surface area contributed by atoms with Gasteiger partial charge in [-0.15, -0.1) is 35.3 Å². The minimum atomic E-state index is -3.38. The zero-order valence-corrected chi connectivity index (χ0v) is 20.6. The Labute approximate surface area is 189 Å². The first kappa shape index (κ1) is 24.9. The lowest BCUT2D eigenvalue weighted by Crippen LogP contribution is -2.39. The summed E-state index contributed by atoms with van der Waals surface area (Å²) < 4.78 is 25.9. The summed E-state index contributed by atoms with van der Waals surface area (Å²) in [6.07, 6.45) is 0. The van der Waals surface area contributed by atoms with Gasteiger partial charge in [-0.1, -0.05) is 37.3 Å². The zero-order chi connectivity index (χ0) is 19.9. The van der Waals surface area contributed by atoms with E-state index in [-0.39, 0.29) is 24.0 Å². The van der Waals surface area contributed by atoms with Gasteiger partial charge in [-0.3, -0.25) is 0 Å². The molecule has 0 amide bonds. The van der Waals surface area contributed by atoms with Crippen molar-refractivity contribution in [2.75, 3.05) is 27.2 Å². The van der Waals surface area contributed by atoms with E-state index in [1.165, 1.54) is 35.3 Å². The van der Waals surface area contributed by atoms with Gasteiger partial charge in [0.25, 0.3) is 10.0 Å².